The minimum atomic E-state index is -1.68. The number of carbonyl (C=O) groups is 2. The fraction of sp³-hybridized carbons (Fsp3) is 0.935. The Balaban J connectivity index is 0.00000600. The Hall–Kier alpha value is -0.500. The van der Waals surface area contributed by atoms with Crippen molar-refractivity contribution in [3.63, 3.8) is 0 Å². The Kier molecular flexibility index (Phi) is 16.7. The van der Waals surface area contributed by atoms with Crippen LogP contribution in [0.2, 0.25) is 0 Å². The van der Waals surface area contributed by atoms with Gasteiger partial charge in [-0.15, -0.1) is 0 Å². The molecular weight excluding hydrogens is 635 g/mol. The summed E-state index contributed by atoms with van der Waals surface area (Å²) >= 11 is 0. The van der Waals surface area contributed by atoms with Gasteiger partial charge in [0.1, 0.15) is 42.7 Å². The van der Waals surface area contributed by atoms with Crippen LogP contribution < -0.4 is 34.7 Å². The first-order valence-electron chi connectivity index (χ1n) is 16.5. The number of esters is 1. The van der Waals surface area contributed by atoms with Gasteiger partial charge in [-0.3, -0.25) is 4.79 Å². The van der Waals surface area contributed by atoms with Crippen molar-refractivity contribution in [1.82, 2.24) is 0 Å². The number of aliphatic hydroxyl groups excluding tert-OH is 6. The van der Waals surface area contributed by atoms with Crippen LogP contribution in [0.4, 0.5) is 0 Å². The average molecular weight is 687 g/mol. The molecule has 47 heavy (non-hydrogen) atoms. The molecular formula is C31H51NaO15. The van der Waals surface area contributed by atoms with Gasteiger partial charge in [0.05, 0.1) is 44.1 Å². The number of carboxylic acid groups (broad SMARTS) is 1. The quantitative estimate of drug-likeness (QED) is 0.0789. The molecule has 0 bridgehead atoms. The molecule has 0 radical (unpaired) electrons. The number of aliphatic carboxylic acids is 1. The predicted molar refractivity (Wildman–Crippen MR) is 153 cm³/mol. The standard InChI is InChI=1S/C31H52O15.Na/c1-15-22(34)24(36)25(37)30(42-15)46-27-17(11-12-21(33)41-2)9-6-10-18(27)44-31-26(38)28(23(35)20(14-32)45-31)43-19(29(39)40)13-16-7-4-3-5-8-16;/h15-20,22-28,30-32,34-38H,3-14H2,1-2H3,(H,39,40);/q;+1/p-1/t15-,17+,18+,19-,20+,22+,23-,24+,25-,26+,27+,28-,30-,31+;/m0./s1. The van der Waals surface area contributed by atoms with Crippen molar-refractivity contribution in [3.8, 4) is 0 Å². The third kappa shape index (κ3) is 10.5. The van der Waals surface area contributed by atoms with Gasteiger partial charge in [0.15, 0.2) is 12.6 Å². The van der Waals surface area contributed by atoms with E-state index in [2.05, 4.69) is 0 Å². The molecule has 266 valence electrons. The van der Waals surface area contributed by atoms with Crippen LogP contribution in [-0.2, 0) is 38.0 Å². The predicted octanol–water partition coefficient (Wildman–Crippen LogP) is -4.75. The van der Waals surface area contributed by atoms with E-state index in [0.717, 1.165) is 32.1 Å². The molecule has 2 saturated carbocycles. The molecule has 14 atom stereocenters. The first-order chi connectivity index (χ1) is 21.9. The second-order valence-corrected chi connectivity index (χ2v) is 13.1. The van der Waals surface area contributed by atoms with Crippen LogP contribution in [0.25, 0.3) is 0 Å². The molecule has 6 N–H and O–H groups in total. The van der Waals surface area contributed by atoms with E-state index in [1.807, 2.05) is 0 Å². The molecule has 4 rings (SSSR count). The van der Waals surface area contributed by atoms with Crippen LogP contribution >= 0.6 is 0 Å². The largest absolute Gasteiger partial charge is 1.00 e. The average Bonchev–Trinajstić information content (AvgIpc) is 3.05. The van der Waals surface area contributed by atoms with Crippen LogP contribution in [0.5, 0.6) is 0 Å². The summed E-state index contributed by atoms with van der Waals surface area (Å²) in [6, 6.07) is 0. The van der Waals surface area contributed by atoms with Gasteiger partial charge in [0.25, 0.3) is 0 Å². The summed E-state index contributed by atoms with van der Waals surface area (Å²) in [5.74, 6) is -2.16. The molecule has 4 fully saturated rings. The van der Waals surface area contributed by atoms with Crippen molar-refractivity contribution < 1.29 is 103 Å². The van der Waals surface area contributed by atoms with Gasteiger partial charge in [0.2, 0.25) is 0 Å². The summed E-state index contributed by atoms with van der Waals surface area (Å²) in [4.78, 5) is 24.1. The van der Waals surface area contributed by atoms with Crippen LogP contribution in [0.3, 0.4) is 0 Å². The maximum absolute atomic E-state index is 12.1. The van der Waals surface area contributed by atoms with Gasteiger partial charge in [-0.25, -0.2) is 0 Å². The normalized spacial score (nSPS) is 40.6. The van der Waals surface area contributed by atoms with E-state index in [1.165, 1.54) is 14.0 Å². The fourth-order valence-corrected chi connectivity index (χ4v) is 7.17. The Labute approximate surface area is 297 Å². The Morgan fingerprint density at radius 2 is 1.51 bits per heavy atom. The maximum atomic E-state index is 12.1. The van der Waals surface area contributed by atoms with Crippen LogP contribution in [0.1, 0.15) is 77.6 Å². The number of hydrogen-bond acceptors (Lipinski definition) is 15. The van der Waals surface area contributed by atoms with Gasteiger partial charge < -0.3 is 69.0 Å². The number of methoxy groups -OCH3 is 1. The summed E-state index contributed by atoms with van der Waals surface area (Å²) in [5.41, 5.74) is 0. The Morgan fingerprint density at radius 3 is 2.15 bits per heavy atom. The van der Waals surface area contributed by atoms with Crippen molar-refractivity contribution in [1.29, 1.82) is 0 Å². The molecule has 0 spiro atoms. The van der Waals surface area contributed by atoms with Crippen molar-refractivity contribution in [2.75, 3.05) is 13.7 Å². The fourth-order valence-electron chi connectivity index (χ4n) is 7.17. The van der Waals surface area contributed by atoms with Crippen LogP contribution in [0, 0.1) is 11.8 Å². The second-order valence-electron chi connectivity index (χ2n) is 13.1. The topological polar surface area (TPSA) is 234 Å². The number of hydrogen-bond donors (Lipinski definition) is 6. The zero-order valence-corrected chi connectivity index (χ0v) is 29.5. The third-order valence-corrected chi connectivity index (χ3v) is 9.93. The molecule has 0 aromatic heterocycles. The number of aliphatic hydroxyl groups is 6. The smallest absolute Gasteiger partial charge is 0.547 e. The number of rotatable bonds is 13. The summed E-state index contributed by atoms with van der Waals surface area (Å²) in [6.45, 7) is 0.833. The van der Waals surface area contributed by atoms with Crippen molar-refractivity contribution in [3.05, 3.63) is 0 Å². The van der Waals surface area contributed by atoms with Crippen molar-refractivity contribution in [2.45, 2.75) is 157 Å². The van der Waals surface area contributed by atoms with E-state index in [1.54, 1.807) is 0 Å². The molecule has 16 heteroatoms. The zero-order valence-electron chi connectivity index (χ0n) is 27.5. The van der Waals surface area contributed by atoms with E-state index in [4.69, 9.17) is 28.4 Å². The number of carbonyl (C=O) groups excluding carboxylic acids is 2. The van der Waals surface area contributed by atoms with E-state index in [0.29, 0.717) is 25.7 Å². The zero-order chi connectivity index (χ0) is 33.5. The molecule has 2 aliphatic carbocycles. The minimum Gasteiger partial charge on any atom is -0.547 e. The van der Waals surface area contributed by atoms with Gasteiger partial charge in [-0.1, -0.05) is 38.5 Å². The van der Waals surface area contributed by atoms with Crippen LogP contribution in [0.15, 0.2) is 0 Å². The molecule has 0 unspecified atom stereocenters. The van der Waals surface area contributed by atoms with E-state index < -0.39 is 98.3 Å². The molecule has 2 saturated heterocycles. The van der Waals surface area contributed by atoms with E-state index in [9.17, 15) is 45.3 Å². The third-order valence-electron chi connectivity index (χ3n) is 9.93. The van der Waals surface area contributed by atoms with Gasteiger partial charge in [-0.05, 0) is 44.4 Å². The van der Waals surface area contributed by atoms with Gasteiger partial charge in [0, 0.05) is 6.42 Å². The summed E-state index contributed by atoms with van der Waals surface area (Å²) in [6.07, 6.45) is -10.6. The minimum absolute atomic E-state index is 0. The molecule has 2 aliphatic heterocycles. The number of ether oxygens (including phenoxy) is 6. The second kappa shape index (κ2) is 19.2. The summed E-state index contributed by atoms with van der Waals surface area (Å²) < 4.78 is 34.5. The van der Waals surface area contributed by atoms with Gasteiger partial charge >= 0.3 is 35.5 Å². The van der Waals surface area contributed by atoms with Crippen molar-refractivity contribution in [2.24, 2.45) is 11.8 Å². The van der Waals surface area contributed by atoms with Crippen LogP contribution in [-0.4, -0.2) is 136 Å². The number of carboxylic acids is 1. The van der Waals surface area contributed by atoms with Gasteiger partial charge in [-0.2, -0.15) is 0 Å². The maximum Gasteiger partial charge on any atom is 1.00 e. The Morgan fingerprint density at radius 1 is 0.830 bits per heavy atom. The van der Waals surface area contributed by atoms with Crippen molar-refractivity contribution >= 4 is 11.9 Å². The Bertz CT molecular complexity index is 969. The molecule has 0 aromatic carbocycles. The molecule has 0 amide bonds. The first kappa shape index (κ1) is 40.9. The molecule has 0 aromatic rings. The van der Waals surface area contributed by atoms with E-state index in [-0.39, 0.29) is 54.2 Å². The molecule has 15 nitrogen and oxygen atoms in total. The summed E-state index contributed by atoms with van der Waals surface area (Å²) in [5, 5.41) is 75.5. The monoisotopic (exact) mass is 686 g/mol. The molecule has 4 aliphatic rings. The first-order valence-corrected chi connectivity index (χ1v) is 16.5. The summed E-state index contributed by atoms with van der Waals surface area (Å²) in [7, 11) is 1.27. The van der Waals surface area contributed by atoms with E-state index >= 15 is 0 Å². The SMILES string of the molecule is COC(=O)CC[C@H]1CCC[C@@H](O[C@@H]2O[C@H](CO)[C@H](O)[C@H](O[C@@H](CC3CCCCC3)C(=O)[O-])[C@H]2O)[C@@H]1O[C@@H]1O[C@@H](C)[C@@H](O)[C@@H](O)[C@@H]1O.[Na+]. The molecule has 2 heterocycles.